The second-order valence-electron chi connectivity index (χ2n) is 17.5. The SMILES string of the molecule is C=C/C=C(\C=C/N(c1ccccc1)c1ccc2c3cn4c5ccccc5c5c(N(c6ccccc6)c6ccc(C(C)C)cc6)ccc(c(=C)cc3n3c6ccccc6c1c23)c54)C(C)C. The molecule has 7 aromatic carbocycles. The van der Waals surface area contributed by atoms with Gasteiger partial charge in [-0.15, -0.1) is 0 Å². The van der Waals surface area contributed by atoms with Gasteiger partial charge in [-0.05, 0) is 101 Å². The number of aromatic nitrogens is 2. The van der Waals surface area contributed by atoms with Crippen LogP contribution in [-0.4, -0.2) is 8.80 Å². The first-order chi connectivity index (χ1) is 31.3. The van der Waals surface area contributed by atoms with Crippen LogP contribution in [0.25, 0.3) is 71.9 Å². The molecule has 4 heterocycles. The summed E-state index contributed by atoms with van der Waals surface area (Å²) in [5.41, 5.74) is 13.9. The van der Waals surface area contributed by atoms with Gasteiger partial charge < -0.3 is 18.6 Å². The molecule has 64 heavy (non-hydrogen) atoms. The summed E-state index contributed by atoms with van der Waals surface area (Å²) in [6.45, 7) is 17.8. The summed E-state index contributed by atoms with van der Waals surface area (Å²) >= 11 is 0. The summed E-state index contributed by atoms with van der Waals surface area (Å²) in [5, 5.41) is 9.26. The number of fused-ring (bicyclic) bond motifs is 9. The number of rotatable bonds is 10. The van der Waals surface area contributed by atoms with E-state index in [1.165, 1.54) is 54.5 Å². The van der Waals surface area contributed by atoms with Crippen LogP contribution < -0.4 is 15.0 Å². The van der Waals surface area contributed by atoms with E-state index in [1.54, 1.807) is 0 Å². The lowest BCUT2D eigenvalue weighted by Crippen LogP contribution is -2.11. The number of para-hydroxylation sites is 4. The van der Waals surface area contributed by atoms with E-state index in [-0.39, 0.29) is 0 Å². The van der Waals surface area contributed by atoms with E-state index in [4.69, 9.17) is 6.58 Å². The van der Waals surface area contributed by atoms with E-state index in [0.29, 0.717) is 11.8 Å². The molecular weight excluding hydrogens is 777 g/mol. The number of benzene rings is 7. The minimum absolute atomic E-state index is 0.343. The van der Waals surface area contributed by atoms with Gasteiger partial charge in [0.15, 0.2) is 0 Å². The Labute approximate surface area is 374 Å². The molecule has 310 valence electrons. The van der Waals surface area contributed by atoms with Gasteiger partial charge in [-0.1, -0.05) is 150 Å². The highest BCUT2D eigenvalue weighted by molar-refractivity contribution is 6.28. The first kappa shape index (κ1) is 39.1. The summed E-state index contributed by atoms with van der Waals surface area (Å²) < 4.78 is 4.92. The molecule has 0 saturated heterocycles. The van der Waals surface area contributed by atoms with E-state index in [2.05, 4.69) is 241 Å². The molecule has 0 aliphatic heterocycles. The molecule has 11 aromatic rings. The summed E-state index contributed by atoms with van der Waals surface area (Å²) in [4.78, 5) is 4.75. The Morgan fingerprint density at radius 1 is 0.547 bits per heavy atom. The summed E-state index contributed by atoms with van der Waals surface area (Å²) in [6.07, 6.45) is 10.8. The van der Waals surface area contributed by atoms with Gasteiger partial charge in [0, 0.05) is 67.2 Å². The van der Waals surface area contributed by atoms with Crippen LogP contribution in [0.4, 0.5) is 28.4 Å². The maximum absolute atomic E-state index is 4.86. The smallest absolute Gasteiger partial charge is 0.0642 e. The van der Waals surface area contributed by atoms with Gasteiger partial charge >= 0.3 is 0 Å². The van der Waals surface area contributed by atoms with Crippen LogP contribution in [-0.2, 0) is 0 Å². The zero-order chi connectivity index (χ0) is 43.6. The van der Waals surface area contributed by atoms with Gasteiger partial charge in [0.2, 0.25) is 0 Å². The monoisotopic (exact) mass is 826 g/mol. The van der Waals surface area contributed by atoms with E-state index >= 15 is 0 Å². The fourth-order valence-corrected chi connectivity index (χ4v) is 9.99. The lowest BCUT2D eigenvalue weighted by Gasteiger charge is -2.27. The van der Waals surface area contributed by atoms with Gasteiger partial charge in [0.1, 0.15) is 0 Å². The van der Waals surface area contributed by atoms with Crippen LogP contribution in [0.2, 0.25) is 0 Å². The van der Waals surface area contributed by atoms with E-state index in [1.807, 2.05) is 6.08 Å². The van der Waals surface area contributed by atoms with E-state index in [9.17, 15) is 0 Å². The van der Waals surface area contributed by atoms with Crippen LogP contribution >= 0.6 is 0 Å². The fraction of sp³-hybridized carbons (Fsp3) is 0.100. The van der Waals surface area contributed by atoms with Crippen molar-refractivity contribution in [3.8, 4) is 0 Å². The van der Waals surface area contributed by atoms with E-state index in [0.717, 1.165) is 55.6 Å². The van der Waals surface area contributed by atoms with Crippen molar-refractivity contribution in [2.24, 2.45) is 5.92 Å². The molecule has 0 spiro atoms. The summed E-state index contributed by atoms with van der Waals surface area (Å²) in [6, 6.07) is 59.7. The third-order valence-corrected chi connectivity index (χ3v) is 13.1. The molecule has 4 nitrogen and oxygen atoms in total. The highest BCUT2D eigenvalue weighted by atomic mass is 15.1. The van der Waals surface area contributed by atoms with Crippen molar-refractivity contribution >= 4 is 100 Å². The third-order valence-electron chi connectivity index (χ3n) is 13.1. The van der Waals surface area contributed by atoms with Crippen molar-refractivity contribution in [3.05, 3.63) is 217 Å². The van der Waals surface area contributed by atoms with Crippen LogP contribution in [0.1, 0.15) is 39.2 Å². The highest BCUT2D eigenvalue weighted by Gasteiger charge is 2.25. The van der Waals surface area contributed by atoms with Crippen molar-refractivity contribution in [3.63, 3.8) is 0 Å². The van der Waals surface area contributed by atoms with Crippen molar-refractivity contribution < 1.29 is 0 Å². The molecule has 0 aliphatic carbocycles. The maximum Gasteiger partial charge on any atom is 0.0642 e. The Balaban J connectivity index is 1.24. The number of hydrogen-bond acceptors (Lipinski definition) is 2. The standard InChI is InChI=1S/C60H50N4/c1-7-18-42(39(2)3)35-36-61(44-19-10-8-11-20-44)54-33-32-48-51-38-62-52-25-16-14-23-49(52)58-55(63(45-21-12-9-13-22-45)46-29-27-43(28-30-46)40(4)5)34-31-47(59(58)62)41(6)37-56(51)64-53-26-17-15-24-50(53)57(54)60(48)64/h7-40H,1,6H2,2-5H3/b36-35-,42-18+,51-38?,56-37?. The quantitative estimate of drug-likeness (QED) is 0.128. The first-order valence-electron chi connectivity index (χ1n) is 22.4. The molecule has 0 unspecified atom stereocenters. The molecule has 0 radical (unpaired) electrons. The topological polar surface area (TPSA) is 15.3 Å². The van der Waals surface area contributed by atoms with Crippen molar-refractivity contribution in [1.29, 1.82) is 0 Å². The van der Waals surface area contributed by atoms with Gasteiger partial charge in [-0.2, -0.15) is 0 Å². The van der Waals surface area contributed by atoms with Crippen LogP contribution in [0, 0.1) is 5.92 Å². The highest BCUT2D eigenvalue weighted by Crippen LogP contribution is 2.47. The van der Waals surface area contributed by atoms with Gasteiger partial charge in [-0.25, -0.2) is 0 Å². The third kappa shape index (κ3) is 6.12. The number of allylic oxidation sites excluding steroid dienone is 4. The van der Waals surface area contributed by atoms with Crippen LogP contribution in [0.15, 0.2) is 207 Å². The molecule has 4 aromatic heterocycles. The average molecular weight is 827 g/mol. The molecular formula is C60H50N4. The Morgan fingerprint density at radius 3 is 1.83 bits per heavy atom. The Morgan fingerprint density at radius 2 is 1.14 bits per heavy atom. The Kier molecular flexibility index (Phi) is 9.47. The van der Waals surface area contributed by atoms with Crippen LogP contribution in [0.5, 0.6) is 0 Å². The van der Waals surface area contributed by atoms with Gasteiger partial charge in [0.05, 0.1) is 39.0 Å². The summed E-state index contributed by atoms with van der Waals surface area (Å²) in [5.74, 6) is 0.789. The molecule has 0 N–H and O–H groups in total. The number of anilines is 5. The normalized spacial score (nSPS) is 12.5. The summed E-state index contributed by atoms with van der Waals surface area (Å²) in [7, 11) is 0. The van der Waals surface area contributed by atoms with Gasteiger partial charge in [-0.3, -0.25) is 0 Å². The molecule has 4 heteroatoms. The van der Waals surface area contributed by atoms with Crippen molar-refractivity contribution in [2.75, 3.05) is 9.80 Å². The number of hydrogen-bond donors (Lipinski definition) is 0. The molecule has 0 fully saturated rings. The first-order valence-corrected chi connectivity index (χ1v) is 22.4. The van der Waals surface area contributed by atoms with E-state index < -0.39 is 0 Å². The Bertz CT molecular complexity index is 3700. The zero-order valence-electron chi connectivity index (χ0n) is 36.8. The minimum atomic E-state index is 0.343. The molecule has 0 amide bonds. The zero-order valence-corrected chi connectivity index (χ0v) is 36.8. The Hall–Kier alpha value is -7.82. The van der Waals surface area contributed by atoms with Crippen LogP contribution in [0.3, 0.4) is 0 Å². The predicted molar refractivity (Wildman–Crippen MR) is 276 cm³/mol. The second kappa shape index (κ2) is 15.5. The molecule has 0 aliphatic rings. The molecule has 0 bridgehead atoms. The minimum Gasteiger partial charge on any atom is -0.316 e. The molecule has 11 rings (SSSR count). The van der Waals surface area contributed by atoms with Crippen molar-refractivity contribution in [2.45, 2.75) is 33.6 Å². The lowest BCUT2D eigenvalue weighted by molar-refractivity contribution is 0.791. The largest absolute Gasteiger partial charge is 0.316 e. The lowest BCUT2D eigenvalue weighted by atomic mass is 10.0. The molecule has 0 saturated carbocycles. The molecule has 0 atom stereocenters. The van der Waals surface area contributed by atoms with Gasteiger partial charge in [0.25, 0.3) is 0 Å². The van der Waals surface area contributed by atoms with Crippen molar-refractivity contribution in [1.82, 2.24) is 8.80 Å². The fourth-order valence-electron chi connectivity index (χ4n) is 9.99. The maximum atomic E-state index is 4.86. The average Bonchev–Trinajstić information content (AvgIpc) is 3.94. The number of nitrogens with zero attached hydrogens (tertiary/aromatic N) is 4. The predicted octanol–water partition coefficient (Wildman–Crippen LogP) is 16.1. The second-order valence-corrected chi connectivity index (χ2v) is 17.5.